The van der Waals surface area contributed by atoms with Crippen molar-refractivity contribution >= 4 is 5.69 Å². The Hall–Kier alpha value is -2.69. The van der Waals surface area contributed by atoms with Crippen molar-refractivity contribution in [2.75, 3.05) is 5.32 Å². The van der Waals surface area contributed by atoms with Crippen molar-refractivity contribution in [3.05, 3.63) is 60.3 Å². The largest absolute Gasteiger partial charge is 0.380 e. The van der Waals surface area contributed by atoms with Gasteiger partial charge in [-0.05, 0) is 30.7 Å². The molecule has 3 aromatic rings. The third-order valence-corrected chi connectivity index (χ3v) is 3.03. The fourth-order valence-electron chi connectivity index (χ4n) is 2.05. The van der Waals surface area contributed by atoms with E-state index in [1.807, 2.05) is 43.8 Å². The highest BCUT2D eigenvalue weighted by Crippen LogP contribution is 2.20. The highest BCUT2D eigenvalue weighted by molar-refractivity contribution is 5.62. The molecule has 0 fully saturated rings. The van der Waals surface area contributed by atoms with Gasteiger partial charge in [0.15, 0.2) is 0 Å². The molecule has 3 heterocycles. The van der Waals surface area contributed by atoms with Crippen molar-refractivity contribution in [2.24, 2.45) is 0 Å². The van der Waals surface area contributed by atoms with Gasteiger partial charge >= 0.3 is 0 Å². The molecule has 0 spiro atoms. The normalized spacial score (nSPS) is 10.4. The SMILES string of the molecule is Cc1cncc(NCc2cn[nH]c2-c2cccnc2)c1. The maximum atomic E-state index is 4.17. The maximum Gasteiger partial charge on any atom is 0.0715 e. The molecule has 0 aliphatic heterocycles. The second kappa shape index (κ2) is 5.52. The van der Waals surface area contributed by atoms with Gasteiger partial charge in [-0.3, -0.25) is 15.1 Å². The topological polar surface area (TPSA) is 66.5 Å². The first-order valence-corrected chi connectivity index (χ1v) is 6.41. The molecular formula is C15H15N5. The van der Waals surface area contributed by atoms with Crippen LogP contribution < -0.4 is 5.32 Å². The molecule has 0 bridgehead atoms. The Balaban J connectivity index is 1.78. The number of nitrogens with zero attached hydrogens (tertiary/aromatic N) is 3. The molecule has 2 N–H and O–H groups in total. The summed E-state index contributed by atoms with van der Waals surface area (Å²) in [6.45, 7) is 2.71. The molecule has 0 saturated carbocycles. The Morgan fingerprint density at radius 1 is 1.15 bits per heavy atom. The molecule has 100 valence electrons. The first-order chi connectivity index (χ1) is 9.83. The summed E-state index contributed by atoms with van der Waals surface area (Å²) < 4.78 is 0. The van der Waals surface area contributed by atoms with Gasteiger partial charge in [0.25, 0.3) is 0 Å². The molecule has 0 atom stereocenters. The highest BCUT2D eigenvalue weighted by atomic mass is 15.1. The number of aromatic nitrogens is 4. The van der Waals surface area contributed by atoms with Crippen molar-refractivity contribution in [1.29, 1.82) is 0 Å². The van der Waals surface area contributed by atoms with Crippen molar-refractivity contribution < 1.29 is 0 Å². The Morgan fingerprint density at radius 2 is 2.10 bits per heavy atom. The molecule has 5 heteroatoms. The summed E-state index contributed by atoms with van der Waals surface area (Å²) in [6.07, 6.45) is 9.07. The summed E-state index contributed by atoms with van der Waals surface area (Å²) in [5.41, 5.74) is 5.26. The quantitative estimate of drug-likeness (QED) is 0.761. The van der Waals surface area contributed by atoms with E-state index in [1.165, 1.54) is 0 Å². The molecule has 3 rings (SSSR count). The van der Waals surface area contributed by atoms with Crippen LogP contribution in [0.1, 0.15) is 11.1 Å². The molecule has 0 unspecified atom stereocenters. The van der Waals surface area contributed by atoms with E-state index in [-0.39, 0.29) is 0 Å². The van der Waals surface area contributed by atoms with E-state index in [0.717, 1.165) is 28.1 Å². The van der Waals surface area contributed by atoms with Crippen LogP contribution in [0.4, 0.5) is 5.69 Å². The van der Waals surface area contributed by atoms with Crippen LogP contribution in [0.2, 0.25) is 0 Å². The molecule has 20 heavy (non-hydrogen) atoms. The van der Waals surface area contributed by atoms with Gasteiger partial charge in [-0.2, -0.15) is 5.10 Å². The number of H-pyrrole nitrogens is 1. The molecule has 0 radical (unpaired) electrons. The van der Waals surface area contributed by atoms with Gasteiger partial charge in [0.1, 0.15) is 0 Å². The second-order valence-corrected chi connectivity index (χ2v) is 4.62. The van der Waals surface area contributed by atoms with Crippen LogP contribution in [0.3, 0.4) is 0 Å². The lowest BCUT2D eigenvalue weighted by Crippen LogP contribution is -2.00. The lowest BCUT2D eigenvalue weighted by Gasteiger charge is -2.07. The number of nitrogens with one attached hydrogen (secondary N) is 2. The van der Waals surface area contributed by atoms with E-state index < -0.39 is 0 Å². The van der Waals surface area contributed by atoms with Gasteiger partial charge in [0, 0.05) is 42.5 Å². The van der Waals surface area contributed by atoms with Crippen molar-refractivity contribution in [2.45, 2.75) is 13.5 Å². The average molecular weight is 265 g/mol. The molecular weight excluding hydrogens is 250 g/mol. The number of aromatic amines is 1. The molecule has 5 nitrogen and oxygen atoms in total. The summed E-state index contributed by atoms with van der Waals surface area (Å²) in [4.78, 5) is 8.30. The van der Waals surface area contributed by atoms with E-state index in [1.54, 1.807) is 6.20 Å². The van der Waals surface area contributed by atoms with Crippen molar-refractivity contribution in [3.8, 4) is 11.3 Å². The predicted octanol–water partition coefficient (Wildman–Crippen LogP) is 2.79. The molecule has 0 aromatic carbocycles. The van der Waals surface area contributed by atoms with Crippen LogP contribution in [0.5, 0.6) is 0 Å². The second-order valence-electron chi connectivity index (χ2n) is 4.62. The van der Waals surface area contributed by atoms with E-state index in [9.17, 15) is 0 Å². The van der Waals surface area contributed by atoms with Crippen molar-refractivity contribution in [1.82, 2.24) is 20.2 Å². The number of aryl methyl sites for hydroxylation is 1. The minimum atomic E-state index is 0.686. The Labute approximate surface area is 117 Å². The van der Waals surface area contributed by atoms with E-state index in [2.05, 4.69) is 31.5 Å². The van der Waals surface area contributed by atoms with Crippen LogP contribution in [-0.4, -0.2) is 20.2 Å². The lowest BCUT2D eigenvalue weighted by molar-refractivity contribution is 1.09. The highest BCUT2D eigenvalue weighted by Gasteiger charge is 2.07. The zero-order chi connectivity index (χ0) is 13.8. The zero-order valence-electron chi connectivity index (χ0n) is 11.2. The predicted molar refractivity (Wildman–Crippen MR) is 78.1 cm³/mol. The number of rotatable bonds is 4. The minimum absolute atomic E-state index is 0.686. The Kier molecular flexibility index (Phi) is 3.41. The molecule has 0 saturated heterocycles. The fourth-order valence-corrected chi connectivity index (χ4v) is 2.05. The molecule has 0 aliphatic rings. The number of anilines is 1. The maximum absolute atomic E-state index is 4.17. The zero-order valence-corrected chi connectivity index (χ0v) is 11.2. The standard InChI is InChI=1S/C15H15N5/c1-11-5-14(10-17-6-11)18-8-13-9-19-20-15(13)12-3-2-4-16-7-12/h2-7,9-10,18H,8H2,1H3,(H,19,20). The fraction of sp³-hybridized carbons (Fsp3) is 0.133. The lowest BCUT2D eigenvalue weighted by atomic mass is 10.1. The van der Waals surface area contributed by atoms with Gasteiger partial charge < -0.3 is 5.32 Å². The summed E-state index contributed by atoms with van der Waals surface area (Å²) in [7, 11) is 0. The van der Waals surface area contributed by atoms with Gasteiger partial charge in [0.05, 0.1) is 17.6 Å². The third kappa shape index (κ3) is 2.66. The van der Waals surface area contributed by atoms with Gasteiger partial charge in [-0.1, -0.05) is 0 Å². The van der Waals surface area contributed by atoms with Gasteiger partial charge in [-0.15, -0.1) is 0 Å². The number of pyridine rings is 2. The van der Waals surface area contributed by atoms with E-state index in [0.29, 0.717) is 6.54 Å². The minimum Gasteiger partial charge on any atom is -0.380 e. The van der Waals surface area contributed by atoms with Gasteiger partial charge in [-0.25, -0.2) is 0 Å². The van der Waals surface area contributed by atoms with Crippen LogP contribution in [0, 0.1) is 6.92 Å². The first kappa shape index (κ1) is 12.3. The van der Waals surface area contributed by atoms with Crippen LogP contribution in [0.25, 0.3) is 11.3 Å². The van der Waals surface area contributed by atoms with Gasteiger partial charge in [0.2, 0.25) is 0 Å². The van der Waals surface area contributed by atoms with E-state index >= 15 is 0 Å². The number of hydrogen-bond acceptors (Lipinski definition) is 4. The van der Waals surface area contributed by atoms with Crippen molar-refractivity contribution in [3.63, 3.8) is 0 Å². The number of hydrogen-bond donors (Lipinski definition) is 2. The molecule has 3 aromatic heterocycles. The molecule has 0 aliphatic carbocycles. The first-order valence-electron chi connectivity index (χ1n) is 6.41. The summed E-state index contributed by atoms with van der Waals surface area (Å²) in [5, 5.41) is 10.5. The van der Waals surface area contributed by atoms with Crippen LogP contribution in [-0.2, 0) is 6.54 Å². The monoisotopic (exact) mass is 265 g/mol. The Bertz CT molecular complexity index is 690. The summed E-state index contributed by atoms with van der Waals surface area (Å²) in [6, 6.07) is 5.99. The average Bonchev–Trinajstić information content (AvgIpc) is 2.95. The third-order valence-electron chi connectivity index (χ3n) is 3.03. The smallest absolute Gasteiger partial charge is 0.0715 e. The van der Waals surface area contributed by atoms with Crippen LogP contribution in [0.15, 0.2) is 49.2 Å². The summed E-state index contributed by atoms with van der Waals surface area (Å²) >= 11 is 0. The molecule has 0 amide bonds. The Morgan fingerprint density at radius 3 is 2.90 bits per heavy atom. The van der Waals surface area contributed by atoms with E-state index in [4.69, 9.17) is 0 Å². The summed E-state index contributed by atoms with van der Waals surface area (Å²) in [5.74, 6) is 0. The van der Waals surface area contributed by atoms with Crippen LogP contribution >= 0.6 is 0 Å².